The van der Waals surface area contributed by atoms with Crippen LogP contribution in [0.5, 0.6) is 0 Å². The summed E-state index contributed by atoms with van der Waals surface area (Å²) in [5.41, 5.74) is 1.28. The summed E-state index contributed by atoms with van der Waals surface area (Å²) in [6, 6.07) is 3.20. The van der Waals surface area contributed by atoms with Crippen LogP contribution in [0.4, 0.5) is 0 Å². The first-order chi connectivity index (χ1) is 11.0. The SMILES string of the molecule is CCOC(=O)C(C)n1nc(CC)n2c(cc3sc(C)cc32)c1=O. The Morgan fingerprint density at radius 1 is 1.35 bits per heavy atom. The molecule has 122 valence electrons. The number of carbonyl (C=O) groups excluding carboxylic acids is 1. The van der Waals surface area contributed by atoms with E-state index in [1.807, 2.05) is 24.3 Å². The van der Waals surface area contributed by atoms with Crippen LogP contribution in [-0.4, -0.2) is 26.8 Å². The minimum absolute atomic E-state index is 0.274. The van der Waals surface area contributed by atoms with Crippen molar-refractivity contribution in [2.24, 2.45) is 0 Å². The maximum absolute atomic E-state index is 12.8. The summed E-state index contributed by atoms with van der Waals surface area (Å²) >= 11 is 1.65. The summed E-state index contributed by atoms with van der Waals surface area (Å²) in [7, 11) is 0. The molecule has 0 saturated carbocycles. The Balaban J connectivity index is 2.28. The summed E-state index contributed by atoms with van der Waals surface area (Å²) in [5.74, 6) is 0.307. The van der Waals surface area contributed by atoms with E-state index in [0.717, 1.165) is 16.0 Å². The zero-order valence-corrected chi connectivity index (χ0v) is 14.4. The van der Waals surface area contributed by atoms with Gasteiger partial charge in [-0.15, -0.1) is 11.3 Å². The van der Waals surface area contributed by atoms with E-state index in [4.69, 9.17) is 4.74 Å². The predicted octanol–water partition coefficient (Wildman–Crippen LogP) is 2.71. The highest BCUT2D eigenvalue weighted by Gasteiger charge is 2.22. The third kappa shape index (κ3) is 2.45. The molecule has 0 N–H and O–H groups in total. The fraction of sp³-hybridized carbons (Fsp3) is 0.438. The van der Waals surface area contributed by atoms with E-state index < -0.39 is 12.0 Å². The van der Waals surface area contributed by atoms with Crippen LogP contribution in [0.25, 0.3) is 15.7 Å². The number of ether oxygens (including phenoxy) is 1. The van der Waals surface area contributed by atoms with Gasteiger partial charge in [0.15, 0.2) is 6.04 Å². The van der Waals surface area contributed by atoms with Crippen LogP contribution >= 0.6 is 11.3 Å². The Hall–Kier alpha value is -2.15. The molecule has 7 heteroatoms. The van der Waals surface area contributed by atoms with Crippen LogP contribution in [-0.2, 0) is 16.0 Å². The molecule has 3 aromatic heterocycles. The van der Waals surface area contributed by atoms with Crippen LogP contribution < -0.4 is 5.56 Å². The molecule has 0 bridgehead atoms. The van der Waals surface area contributed by atoms with Gasteiger partial charge in [-0.25, -0.2) is 9.48 Å². The number of rotatable bonds is 4. The van der Waals surface area contributed by atoms with E-state index in [1.165, 1.54) is 9.56 Å². The van der Waals surface area contributed by atoms with Crippen molar-refractivity contribution in [3.05, 3.63) is 33.2 Å². The molecule has 1 atom stereocenters. The molecule has 0 aromatic carbocycles. The number of thiophene rings is 1. The minimum atomic E-state index is -0.743. The second kappa shape index (κ2) is 5.81. The molecule has 1 unspecified atom stereocenters. The summed E-state index contributed by atoms with van der Waals surface area (Å²) in [6.45, 7) is 7.68. The quantitative estimate of drug-likeness (QED) is 0.689. The molecular formula is C16H19N3O3S. The van der Waals surface area contributed by atoms with Crippen molar-refractivity contribution in [2.75, 3.05) is 6.61 Å². The summed E-state index contributed by atoms with van der Waals surface area (Å²) < 4.78 is 9.21. The lowest BCUT2D eigenvalue weighted by Gasteiger charge is -2.15. The molecule has 0 amide bonds. The Morgan fingerprint density at radius 3 is 2.74 bits per heavy atom. The van der Waals surface area contributed by atoms with E-state index in [2.05, 4.69) is 11.2 Å². The maximum atomic E-state index is 12.8. The van der Waals surface area contributed by atoms with Gasteiger partial charge in [-0.1, -0.05) is 6.92 Å². The molecule has 3 rings (SSSR count). The van der Waals surface area contributed by atoms with Crippen molar-refractivity contribution in [3.63, 3.8) is 0 Å². The molecule has 3 aromatic rings. The number of aryl methyl sites for hydroxylation is 2. The van der Waals surface area contributed by atoms with Crippen molar-refractivity contribution in [1.82, 2.24) is 14.2 Å². The highest BCUT2D eigenvalue weighted by Crippen LogP contribution is 2.28. The third-order valence-electron chi connectivity index (χ3n) is 3.83. The molecule has 0 radical (unpaired) electrons. The molecule has 0 fully saturated rings. The molecular weight excluding hydrogens is 314 g/mol. The summed E-state index contributed by atoms with van der Waals surface area (Å²) in [4.78, 5) is 25.9. The second-order valence-corrected chi connectivity index (χ2v) is 6.71. The number of carbonyl (C=O) groups is 1. The van der Waals surface area contributed by atoms with Crippen LogP contribution in [0.2, 0.25) is 0 Å². The Bertz CT molecular complexity index is 951. The lowest BCUT2D eigenvalue weighted by Crippen LogP contribution is -2.33. The molecule has 3 heterocycles. The second-order valence-electron chi connectivity index (χ2n) is 5.42. The zero-order chi connectivity index (χ0) is 16.7. The average molecular weight is 333 g/mol. The van der Waals surface area contributed by atoms with E-state index in [9.17, 15) is 9.59 Å². The first kappa shape index (κ1) is 15.7. The van der Waals surface area contributed by atoms with Gasteiger partial charge in [0.1, 0.15) is 11.3 Å². The van der Waals surface area contributed by atoms with Gasteiger partial charge in [-0.3, -0.25) is 9.20 Å². The van der Waals surface area contributed by atoms with Crippen LogP contribution in [0, 0.1) is 6.92 Å². The fourth-order valence-electron chi connectivity index (χ4n) is 2.74. The first-order valence-electron chi connectivity index (χ1n) is 7.67. The van der Waals surface area contributed by atoms with Gasteiger partial charge >= 0.3 is 5.97 Å². The molecule has 0 saturated heterocycles. The van der Waals surface area contributed by atoms with E-state index in [-0.39, 0.29) is 12.2 Å². The van der Waals surface area contributed by atoms with Gasteiger partial charge in [0.05, 0.1) is 16.8 Å². The predicted molar refractivity (Wildman–Crippen MR) is 90.3 cm³/mol. The van der Waals surface area contributed by atoms with Gasteiger partial charge in [0.25, 0.3) is 5.56 Å². The zero-order valence-electron chi connectivity index (χ0n) is 13.6. The van der Waals surface area contributed by atoms with Crippen molar-refractivity contribution in [2.45, 2.75) is 40.2 Å². The Morgan fingerprint density at radius 2 is 2.09 bits per heavy atom. The maximum Gasteiger partial charge on any atom is 0.330 e. The Kier molecular flexibility index (Phi) is 3.97. The van der Waals surface area contributed by atoms with Crippen molar-refractivity contribution in [1.29, 1.82) is 0 Å². The normalized spacial score (nSPS) is 12.9. The Labute approximate surface area is 137 Å². The molecule has 6 nitrogen and oxygen atoms in total. The fourth-order valence-corrected chi connectivity index (χ4v) is 3.68. The smallest absolute Gasteiger partial charge is 0.330 e. The van der Waals surface area contributed by atoms with Crippen LogP contribution in [0.1, 0.15) is 37.5 Å². The van der Waals surface area contributed by atoms with Gasteiger partial charge in [0.2, 0.25) is 0 Å². The number of nitrogens with zero attached hydrogens (tertiary/aromatic N) is 3. The lowest BCUT2D eigenvalue weighted by atomic mass is 10.3. The minimum Gasteiger partial charge on any atom is -0.464 e. The molecule has 0 aliphatic rings. The number of esters is 1. The lowest BCUT2D eigenvalue weighted by molar-refractivity contribution is -0.147. The topological polar surface area (TPSA) is 65.6 Å². The van der Waals surface area contributed by atoms with Crippen LogP contribution in [0.15, 0.2) is 16.9 Å². The number of hydrogen-bond acceptors (Lipinski definition) is 5. The molecule has 0 spiro atoms. The highest BCUT2D eigenvalue weighted by molar-refractivity contribution is 7.19. The molecule has 0 aliphatic carbocycles. The van der Waals surface area contributed by atoms with E-state index in [0.29, 0.717) is 11.9 Å². The molecule has 0 aliphatic heterocycles. The largest absolute Gasteiger partial charge is 0.464 e. The van der Waals surface area contributed by atoms with Gasteiger partial charge in [-0.05, 0) is 32.9 Å². The monoisotopic (exact) mass is 333 g/mol. The van der Waals surface area contributed by atoms with Crippen molar-refractivity contribution >= 4 is 33.0 Å². The van der Waals surface area contributed by atoms with Gasteiger partial charge in [0, 0.05) is 11.3 Å². The van der Waals surface area contributed by atoms with Gasteiger partial charge in [-0.2, -0.15) is 5.10 Å². The number of aromatic nitrogens is 3. The van der Waals surface area contributed by atoms with Crippen LogP contribution in [0.3, 0.4) is 0 Å². The van der Waals surface area contributed by atoms with Gasteiger partial charge < -0.3 is 4.74 Å². The van der Waals surface area contributed by atoms with E-state index >= 15 is 0 Å². The number of hydrogen-bond donors (Lipinski definition) is 0. The first-order valence-corrected chi connectivity index (χ1v) is 8.49. The standard InChI is InChI=1S/C16H19N3O3S/c1-5-14-17-19(10(4)16(21)22-6-2)15(20)12-8-13-11(18(12)14)7-9(3)23-13/h7-8,10H,5-6H2,1-4H3. The van der Waals surface area contributed by atoms with Crippen molar-refractivity contribution < 1.29 is 9.53 Å². The third-order valence-corrected chi connectivity index (χ3v) is 4.82. The molecule has 23 heavy (non-hydrogen) atoms. The van der Waals surface area contributed by atoms with E-state index in [1.54, 1.807) is 25.2 Å². The number of fused-ring (bicyclic) bond motifs is 3. The summed E-state index contributed by atoms with van der Waals surface area (Å²) in [5, 5.41) is 4.42. The van der Waals surface area contributed by atoms with Crippen molar-refractivity contribution in [3.8, 4) is 0 Å². The summed E-state index contributed by atoms with van der Waals surface area (Å²) in [6.07, 6.45) is 0.658. The highest BCUT2D eigenvalue weighted by atomic mass is 32.1. The average Bonchev–Trinajstić information content (AvgIpc) is 3.04.